The first-order valence-electron chi connectivity index (χ1n) is 6.24. The van der Waals surface area contributed by atoms with Gasteiger partial charge in [0.2, 0.25) is 11.8 Å². The molecular weight excluding hydrogens is 250 g/mol. The number of nitrogens with one attached hydrogen (secondary N) is 1. The Hall–Kier alpha value is -1.79. The van der Waals surface area contributed by atoms with E-state index < -0.39 is 23.6 Å². The van der Waals surface area contributed by atoms with E-state index in [4.69, 9.17) is 5.73 Å². The van der Waals surface area contributed by atoms with Crippen molar-refractivity contribution in [2.45, 2.75) is 45.2 Å². The molecule has 0 saturated carbocycles. The Bertz CT molecular complexity index is 389. The van der Waals surface area contributed by atoms with Crippen LogP contribution in [0.4, 0.5) is 4.79 Å². The summed E-state index contributed by atoms with van der Waals surface area (Å²) >= 11 is 0. The minimum Gasteiger partial charge on any atom is -0.465 e. The van der Waals surface area contributed by atoms with Crippen LogP contribution < -0.4 is 11.1 Å². The van der Waals surface area contributed by atoms with Crippen molar-refractivity contribution in [1.82, 2.24) is 10.2 Å². The summed E-state index contributed by atoms with van der Waals surface area (Å²) in [5.74, 6) is -1.23. The van der Waals surface area contributed by atoms with Crippen LogP contribution in [0.1, 0.15) is 33.6 Å². The quantitative estimate of drug-likeness (QED) is 0.675. The van der Waals surface area contributed by atoms with Gasteiger partial charge in [-0.25, -0.2) is 4.79 Å². The van der Waals surface area contributed by atoms with Crippen LogP contribution in [0, 0.1) is 5.92 Å². The third-order valence-electron chi connectivity index (χ3n) is 3.24. The minimum atomic E-state index is -1.21. The second-order valence-electron chi connectivity index (χ2n) is 5.75. The predicted molar refractivity (Wildman–Crippen MR) is 68.3 cm³/mol. The lowest BCUT2D eigenvalue weighted by Crippen LogP contribution is -2.56. The Kier molecular flexibility index (Phi) is 4.39. The molecule has 7 nitrogen and oxygen atoms in total. The second-order valence-corrected chi connectivity index (χ2v) is 5.75. The second kappa shape index (κ2) is 5.46. The van der Waals surface area contributed by atoms with Gasteiger partial charge < -0.3 is 16.2 Å². The van der Waals surface area contributed by atoms with Gasteiger partial charge in [0.25, 0.3) is 0 Å². The average molecular weight is 271 g/mol. The molecule has 1 heterocycles. The highest BCUT2D eigenvalue weighted by molar-refractivity contribution is 5.86. The number of carbonyl (C=O) groups excluding carboxylic acids is 2. The van der Waals surface area contributed by atoms with E-state index in [1.165, 1.54) is 0 Å². The van der Waals surface area contributed by atoms with Crippen LogP contribution in [0.3, 0.4) is 0 Å². The molecule has 4 N–H and O–H groups in total. The monoisotopic (exact) mass is 271 g/mol. The Morgan fingerprint density at radius 1 is 1.53 bits per heavy atom. The van der Waals surface area contributed by atoms with Gasteiger partial charge in [-0.1, -0.05) is 0 Å². The molecular formula is C12H21N3O4. The number of carbonyl (C=O) groups is 3. The summed E-state index contributed by atoms with van der Waals surface area (Å²) in [6, 6.07) is -0.994. The van der Waals surface area contributed by atoms with Crippen molar-refractivity contribution in [3.63, 3.8) is 0 Å². The summed E-state index contributed by atoms with van der Waals surface area (Å²) < 4.78 is 0. The molecule has 0 aliphatic carbocycles. The normalized spacial score (nSPS) is 20.8. The zero-order valence-electron chi connectivity index (χ0n) is 11.5. The molecule has 108 valence electrons. The largest absolute Gasteiger partial charge is 0.465 e. The first-order chi connectivity index (χ1) is 8.64. The van der Waals surface area contributed by atoms with Crippen molar-refractivity contribution >= 4 is 17.9 Å². The van der Waals surface area contributed by atoms with Gasteiger partial charge in [0, 0.05) is 18.0 Å². The Morgan fingerprint density at radius 3 is 2.42 bits per heavy atom. The molecule has 2 atom stereocenters. The van der Waals surface area contributed by atoms with Gasteiger partial charge in [0.15, 0.2) is 0 Å². The molecule has 19 heavy (non-hydrogen) atoms. The molecule has 0 bridgehead atoms. The molecule has 0 aromatic heterocycles. The van der Waals surface area contributed by atoms with E-state index in [9.17, 15) is 19.5 Å². The van der Waals surface area contributed by atoms with Gasteiger partial charge in [-0.05, 0) is 33.6 Å². The van der Waals surface area contributed by atoms with Crippen LogP contribution in [0.5, 0.6) is 0 Å². The molecule has 0 radical (unpaired) electrons. The fourth-order valence-corrected chi connectivity index (χ4v) is 2.38. The molecule has 0 aromatic rings. The summed E-state index contributed by atoms with van der Waals surface area (Å²) in [4.78, 5) is 35.5. The molecule has 0 aromatic carbocycles. The third kappa shape index (κ3) is 3.59. The zero-order chi connectivity index (χ0) is 14.8. The van der Waals surface area contributed by atoms with Gasteiger partial charge in [-0.15, -0.1) is 0 Å². The highest BCUT2D eigenvalue weighted by Gasteiger charge is 2.39. The zero-order valence-corrected chi connectivity index (χ0v) is 11.5. The van der Waals surface area contributed by atoms with E-state index in [1.807, 2.05) is 0 Å². The molecule has 3 amide bonds. The topological polar surface area (TPSA) is 113 Å². The highest BCUT2D eigenvalue weighted by Crippen LogP contribution is 2.24. The van der Waals surface area contributed by atoms with Crippen LogP contribution >= 0.6 is 0 Å². The summed E-state index contributed by atoms with van der Waals surface area (Å²) in [5, 5.41) is 11.9. The number of carboxylic acid groups (broad SMARTS) is 1. The first kappa shape index (κ1) is 15.3. The third-order valence-corrected chi connectivity index (χ3v) is 3.24. The van der Waals surface area contributed by atoms with Crippen LogP contribution in [-0.2, 0) is 9.59 Å². The van der Waals surface area contributed by atoms with E-state index in [1.54, 1.807) is 20.8 Å². The van der Waals surface area contributed by atoms with Crippen molar-refractivity contribution in [3.8, 4) is 0 Å². The summed E-state index contributed by atoms with van der Waals surface area (Å²) in [6.07, 6.45) is -0.486. The fourth-order valence-electron chi connectivity index (χ4n) is 2.38. The molecule has 1 aliphatic heterocycles. The summed E-state index contributed by atoms with van der Waals surface area (Å²) in [5.41, 5.74) is 4.56. The lowest BCUT2D eigenvalue weighted by Gasteiger charge is -2.38. The average Bonchev–Trinajstić information content (AvgIpc) is 2.60. The maximum absolute atomic E-state index is 11.6. The number of hydrogen-bond donors (Lipinski definition) is 3. The maximum Gasteiger partial charge on any atom is 0.408 e. The smallest absolute Gasteiger partial charge is 0.408 e. The van der Waals surface area contributed by atoms with Crippen LogP contribution in [0.2, 0.25) is 0 Å². The van der Waals surface area contributed by atoms with E-state index in [-0.39, 0.29) is 18.2 Å². The fraction of sp³-hybridized carbons (Fsp3) is 0.750. The number of nitrogens with two attached hydrogens (primary N) is 1. The standard InChI is InChI=1S/C12H21N3O4/c1-12(2,3)15(11(18)19)8(9(13)16)6-7-4-5-14-10(7)17/h7-8H,4-6H2,1-3H3,(H2,13,16)(H,14,17)(H,18,19)/t7-,8-/m0/s1. The molecule has 0 spiro atoms. The van der Waals surface area contributed by atoms with Crippen LogP contribution in [-0.4, -0.2) is 46.0 Å². The van der Waals surface area contributed by atoms with Crippen molar-refractivity contribution in [3.05, 3.63) is 0 Å². The van der Waals surface area contributed by atoms with Crippen molar-refractivity contribution in [2.24, 2.45) is 11.7 Å². The highest BCUT2D eigenvalue weighted by atomic mass is 16.4. The van der Waals surface area contributed by atoms with Crippen molar-refractivity contribution in [1.29, 1.82) is 0 Å². The SMILES string of the molecule is CC(C)(C)N(C(=O)O)[C@@H](C[C@@H]1CCNC1=O)C(N)=O. The Labute approximate surface area is 112 Å². The summed E-state index contributed by atoms with van der Waals surface area (Å²) in [7, 11) is 0. The van der Waals surface area contributed by atoms with E-state index in [0.29, 0.717) is 13.0 Å². The minimum absolute atomic E-state index is 0.130. The Morgan fingerprint density at radius 2 is 2.11 bits per heavy atom. The number of rotatable bonds is 4. The van der Waals surface area contributed by atoms with Gasteiger partial charge >= 0.3 is 6.09 Å². The van der Waals surface area contributed by atoms with E-state index in [2.05, 4.69) is 5.32 Å². The van der Waals surface area contributed by atoms with Gasteiger partial charge in [0.1, 0.15) is 6.04 Å². The molecule has 7 heteroatoms. The summed E-state index contributed by atoms with van der Waals surface area (Å²) in [6.45, 7) is 5.61. The van der Waals surface area contributed by atoms with E-state index >= 15 is 0 Å². The maximum atomic E-state index is 11.6. The van der Waals surface area contributed by atoms with Crippen LogP contribution in [0.15, 0.2) is 0 Å². The lowest BCUT2D eigenvalue weighted by molar-refractivity contribution is -0.127. The number of amides is 3. The molecule has 1 fully saturated rings. The molecule has 1 aliphatic rings. The number of primary amides is 1. The molecule has 0 unspecified atom stereocenters. The lowest BCUT2D eigenvalue weighted by atomic mass is 9.94. The predicted octanol–water partition coefficient (Wildman–Crippen LogP) is 0.145. The van der Waals surface area contributed by atoms with Gasteiger partial charge in [0.05, 0.1) is 0 Å². The Balaban J connectivity index is 2.95. The van der Waals surface area contributed by atoms with Crippen LogP contribution in [0.25, 0.3) is 0 Å². The molecule has 1 rings (SSSR count). The van der Waals surface area contributed by atoms with Crippen molar-refractivity contribution < 1.29 is 19.5 Å². The van der Waals surface area contributed by atoms with Gasteiger partial charge in [-0.3, -0.25) is 14.5 Å². The van der Waals surface area contributed by atoms with Crippen molar-refractivity contribution in [2.75, 3.05) is 6.54 Å². The molecule has 1 saturated heterocycles. The van der Waals surface area contributed by atoms with E-state index in [0.717, 1.165) is 4.90 Å². The number of nitrogens with zero attached hydrogens (tertiary/aromatic N) is 1. The first-order valence-corrected chi connectivity index (χ1v) is 6.24. The number of hydrogen-bond acceptors (Lipinski definition) is 3. The van der Waals surface area contributed by atoms with Gasteiger partial charge in [-0.2, -0.15) is 0 Å².